The summed E-state index contributed by atoms with van der Waals surface area (Å²) in [7, 11) is 1.56. The number of fused-ring (bicyclic) bond motifs is 7. The number of amides is 3. The third-order valence-electron chi connectivity index (χ3n) is 14.5. The summed E-state index contributed by atoms with van der Waals surface area (Å²) in [4.78, 5) is 54.7. The van der Waals surface area contributed by atoms with Crippen molar-refractivity contribution in [2.75, 3.05) is 7.11 Å². The molecule has 8 atom stereocenters. The van der Waals surface area contributed by atoms with Crippen LogP contribution in [0.15, 0.2) is 16.8 Å². The summed E-state index contributed by atoms with van der Waals surface area (Å²) in [5.74, 6) is -0.0635. The Labute approximate surface area is 268 Å². The number of methoxy groups -OCH3 is 1. The molecule has 0 bridgehead atoms. The van der Waals surface area contributed by atoms with Gasteiger partial charge in [-0.25, -0.2) is 9.59 Å². The quantitative estimate of drug-likeness (QED) is 0.122. The highest BCUT2D eigenvalue weighted by molar-refractivity contribution is 6.05. The number of carbonyl (C=O) groups is 4. The third-order valence-corrected chi connectivity index (χ3v) is 14.5. The van der Waals surface area contributed by atoms with E-state index in [1.54, 1.807) is 7.11 Å². The van der Waals surface area contributed by atoms with Crippen LogP contribution in [0, 0.1) is 50.2 Å². The van der Waals surface area contributed by atoms with Crippen LogP contribution in [0.4, 0.5) is 4.79 Å². The van der Waals surface area contributed by atoms with E-state index >= 15 is 0 Å². The smallest absolute Gasteiger partial charge is 0.337 e. The fourth-order valence-electron chi connectivity index (χ4n) is 11.7. The van der Waals surface area contributed by atoms with E-state index in [1.807, 2.05) is 0 Å². The van der Waals surface area contributed by atoms with E-state index < -0.39 is 29.4 Å². The Kier molecular flexibility index (Phi) is 7.45. The average molecular weight is 624 g/mol. The molecule has 5 fully saturated rings. The minimum atomic E-state index is -0.924. The second-order valence-corrected chi connectivity index (χ2v) is 17.3. The van der Waals surface area contributed by atoms with Gasteiger partial charge in [-0.15, -0.1) is 0 Å². The molecular formula is C36H53N3O6. The summed E-state index contributed by atoms with van der Waals surface area (Å²) >= 11 is 0. The molecular weight excluding hydrogens is 570 g/mol. The van der Waals surface area contributed by atoms with Gasteiger partial charge >= 0.3 is 18.0 Å². The number of hydrogen-bond donors (Lipinski definition) is 2. The van der Waals surface area contributed by atoms with Gasteiger partial charge in [-0.1, -0.05) is 65.3 Å². The largest absolute Gasteiger partial charge is 0.469 e. The predicted molar refractivity (Wildman–Crippen MR) is 170 cm³/mol. The van der Waals surface area contributed by atoms with Crippen molar-refractivity contribution >= 4 is 29.6 Å². The molecule has 9 nitrogen and oxygen atoms in total. The molecule has 0 spiro atoms. The van der Waals surface area contributed by atoms with E-state index in [-0.39, 0.29) is 45.4 Å². The molecule has 3 amide bonds. The van der Waals surface area contributed by atoms with Gasteiger partial charge in [0.1, 0.15) is 6.04 Å². The summed E-state index contributed by atoms with van der Waals surface area (Å²) in [6, 6.07) is -1.52. The maximum Gasteiger partial charge on any atom is 0.337 e. The highest BCUT2D eigenvalue weighted by Crippen LogP contribution is 2.75. The summed E-state index contributed by atoms with van der Waals surface area (Å²) < 4.78 is 5.52. The zero-order valence-electron chi connectivity index (χ0n) is 28.6. The normalized spacial score (nSPS) is 43.8. The van der Waals surface area contributed by atoms with Crippen molar-refractivity contribution in [1.82, 2.24) is 10.6 Å². The van der Waals surface area contributed by atoms with Crippen molar-refractivity contribution in [2.45, 2.75) is 125 Å². The summed E-state index contributed by atoms with van der Waals surface area (Å²) in [5.41, 5.74) is 2.17. The molecule has 2 N–H and O–H groups in total. The molecule has 0 aromatic heterocycles. The molecule has 4 unspecified atom stereocenters. The van der Waals surface area contributed by atoms with Crippen LogP contribution in [0.3, 0.4) is 0 Å². The Hall–Kier alpha value is -2.71. The fourth-order valence-corrected chi connectivity index (χ4v) is 11.7. The Bertz CT molecular complexity index is 1380. The first kappa shape index (κ1) is 32.2. The zero-order chi connectivity index (χ0) is 32.8. The lowest BCUT2D eigenvalue weighted by molar-refractivity contribution is -0.181. The van der Waals surface area contributed by atoms with Crippen LogP contribution in [0.2, 0.25) is 0 Å². The number of nitrogens with one attached hydrogen (secondary N) is 2. The van der Waals surface area contributed by atoms with Gasteiger partial charge in [-0.05, 0) is 104 Å². The van der Waals surface area contributed by atoms with Crippen LogP contribution < -0.4 is 10.6 Å². The molecule has 45 heavy (non-hydrogen) atoms. The van der Waals surface area contributed by atoms with Crippen LogP contribution >= 0.6 is 0 Å². The second kappa shape index (κ2) is 10.4. The first-order chi connectivity index (χ1) is 20.9. The van der Waals surface area contributed by atoms with Gasteiger partial charge in [0.05, 0.1) is 24.7 Å². The Morgan fingerprint density at radius 1 is 0.956 bits per heavy atom. The van der Waals surface area contributed by atoms with Gasteiger partial charge in [0.25, 0.3) is 5.91 Å². The maximum absolute atomic E-state index is 13.5. The van der Waals surface area contributed by atoms with Gasteiger partial charge in [0.2, 0.25) is 0 Å². The Balaban J connectivity index is 1.26. The van der Waals surface area contributed by atoms with Crippen LogP contribution in [0.25, 0.3) is 0 Å². The van der Waals surface area contributed by atoms with Gasteiger partial charge in [-0.3, -0.25) is 14.9 Å². The van der Waals surface area contributed by atoms with Gasteiger partial charge in [0, 0.05) is 5.41 Å². The molecule has 248 valence electrons. The number of esters is 1. The van der Waals surface area contributed by atoms with Crippen molar-refractivity contribution in [2.24, 2.45) is 55.4 Å². The summed E-state index contributed by atoms with van der Waals surface area (Å²) in [5, 5.41) is 8.98. The van der Waals surface area contributed by atoms with Crippen LogP contribution in [0.1, 0.15) is 119 Å². The van der Waals surface area contributed by atoms with E-state index in [0.717, 1.165) is 69.9 Å². The lowest BCUT2D eigenvalue weighted by atomic mass is 9.33. The molecule has 0 radical (unpaired) electrons. The number of hydrogen-bond acceptors (Lipinski definition) is 7. The molecule has 1 aliphatic heterocycles. The van der Waals surface area contributed by atoms with Crippen LogP contribution in [0.5, 0.6) is 0 Å². The van der Waals surface area contributed by atoms with E-state index in [9.17, 15) is 19.2 Å². The molecule has 1 heterocycles. The molecule has 4 saturated carbocycles. The van der Waals surface area contributed by atoms with Crippen LogP contribution in [-0.4, -0.2) is 42.7 Å². The first-order valence-corrected chi connectivity index (χ1v) is 17.1. The minimum Gasteiger partial charge on any atom is -0.469 e. The molecule has 0 aromatic rings. The maximum atomic E-state index is 13.5. The van der Waals surface area contributed by atoms with Crippen molar-refractivity contribution in [3.05, 3.63) is 11.6 Å². The number of urea groups is 1. The second-order valence-electron chi connectivity index (χ2n) is 17.3. The Morgan fingerprint density at radius 3 is 2.33 bits per heavy atom. The minimum absolute atomic E-state index is 0.00768. The summed E-state index contributed by atoms with van der Waals surface area (Å²) in [6.45, 7) is 16.8. The lowest BCUT2D eigenvalue weighted by Gasteiger charge is -2.70. The number of oxime groups is 1. The van der Waals surface area contributed by atoms with E-state index in [4.69, 9.17) is 9.57 Å². The zero-order valence-corrected chi connectivity index (χ0v) is 28.6. The van der Waals surface area contributed by atoms with Crippen molar-refractivity contribution in [3.8, 4) is 0 Å². The van der Waals surface area contributed by atoms with Crippen LogP contribution in [-0.2, 0) is 24.0 Å². The van der Waals surface area contributed by atoms with Crippen molar-refractivity contribution < 1.29 is 28.8 Å². The molecule has 0 aromatic carbocycles. The highest BCUT2D eigenvalue weighted by atomic mass is 16.7. The molecule has 6 aliphatic rings. The molecule has 5 aliphatic carbocycles. The van der Waals surface area contributed by atoms with Crippen molar-refractivity contribution in [3.63, 3.8) is 0 Å². The predicted octanol–water partition coefficient (Wildman–Crippen LogP) is 6.46. The van der Waals surface area contributed by atoms with E-state index in [1.165, 1.54) is 5.57 Å². The summed E-state index contributed by atoms with van der Waals surface area (Å²) in [6.07, 6.45) is 12.2. The number of ether oxygens (including phenoxy) is 1. The SMILES string of the molecule is COC(=O)[C@]12CCC(C)(C)CC1C1=CCC3[C@@]4(C)CC/C(=N\OC(=O)CC5NC(=O)NC5=O)C(C)(C)C4CC[C@@]3(C)[C@]1(C)CC2. The Morgan fingerprint density at radius 2 is 1.67 bits per heavy atom. The van der Waals surface area contributed by atoms with E-state index in [2.05, 4.69) is 70.3 Å². The van der Waals surface area contributed by atoms with Gasteiger partial charge in [0.15, 0.2) is 0 Å². The number of rotatable bonds is 4. The molecule has 9 heteroatoms. The fraction of sp³-hybridized carbons (Fsp3) is 0.806. The standard InChI is InChI=1S/C36H53N3O6/c1-31(2)15-17-36(29(42)44-8)18-16-34(6)21(22(36)20-31)9-10-25-33(5)13-12-26(32(3,4)24(33)11-14-35(25,34)7)39-45-27(40)19-23-28(41)38-30(43)37-23/h9,22-25H,10-20H2,1-8H3,(H2,37,38,41,43)/b39-26+/t22?,23?,24?,25?,33-,34+,35+,36-/m0/s1. The van der Waals surface area contributed by atoms with E-state index in [0.29, 0.717) is 11.8 Å². The van der Waals surface area contributed by atoms with Gasteiger partial charge < -0.3 is 14.9 Å². The lowest BCUT2D eigenvalue weighted by Crippen LogP contribution is -2.64. The average Bonchev–Trinajstić information content (AvgIpc) is 3.27. The number of allylic oxidation sites excluding steroid dienone is 2. The number of nitrogens with zero attached hydrogens (tertiary/aromatic N) is 1. The first-order valence-electron chi connectivity index (χ1n) is 17.1. The topological polar surface area (TPSA) is 123 Å². The monoisotopic (exact) mass is 623 g/mol. The number of imide groups is 1. The highest BCUT2D eigenvalue weighted by Gasteiger charge is 2.69. The molecule has 1 saturated heterocycles. The van der Waals surface area contributed by atoms with Gasteiger partial charge in [-0.2, -0.15) is 0 Å². The third kappa shape index (κ3) is 4.63. The number of carbonyl (C=O) groups excluding carboxylic acids is 4. The molecule has 6 rings (SSSR count). The van der Waals surface area contributed by atoms with Crippen molar-refractivity contribution in [1.29, 1.82) is 0 Å².